The lowest BCUT2D eigenvalue weighted by Gasteiger charge is -1.99. The van der Waals surface area contributed by atoms with E-state index in [1.807, 2.05) is 0 Å². The molecule has 0 rings (SSSR count). The third kappa shape index (κ3) is 4.21. The summed E-state index contributed by atoms with van der Waals surface area (Å²) in [6.45, 7) is 1.35. The Bertz CT molecular complexity index is 38.5. The van der Waals surface area contributed by atoms with Gasteiger partial charge >= 0.3 is 5.25 Å². The zero-order chi connectivity index (χ0) is 5.21. The smallest absolute Gasteiger partial charge is 0.193 e. The van der Waals surface area contributed by atoms with E-state index < -0.39 is 5.25 Å². The fourth-order valence-corrected chi connectivity index (χ4v) is 0. The zero-order valence-corrected chi connectivity index (χ0v) is 4.19. The van der Waals surface area contributed by atoms with Crippen molar-refractivity contribution in [1.29, 1.82) is 0 Å². The van der Waals surface area contributed by atoms with Gasteiger partial charge in [0.2, 0.25) is 0 Å². The van der Waals surface area contributed by atoms with Crippen molar-refractivity contribution in [2.75, 3.05) is 0 Å². The molecule has 0 aliphatic carbocycles. The molecular weight excluding hydrogens is 106 g/mol. The van der Waals surface area contributed by atoms with E-state index in [0.29, 0.717) is 0 Å². The van der Waals surface area contributed by atoms with Crippen LogP contribution in [0.1, 0.15) is 13.3 Å². The lowest BCUT2D eigenvalue weighted by atomic mass is 10.5. The van der Waals surface area contributed by atoms with Crippen LogP contribution in [-0.2, 0) is 0 Å². The molecule has 0 amide bonds. The first-order chi connectivity index (χ1) is 2.56. The van der Waals surface area contributed by atoms with Crippen LogP contribution >= 0.6 is 12.6 Å². The van der Waals surface area contributed by atoms with Gasteiger partial charge in [0.05, 0.1) is 0 Å². The van der Waals surface area contributed by atoms with Crippen molar-refractivity contribution in [3.8, 4) is 0 Å². The van der Waals surface area contributed by atoms with Gasteiger partial charge < -0.3 is 0 Å². The third-order valence-corrected chi connectivity index (χ3v) is 0.700. The first-order valence-corrected chi connectivity index (χ1v) is 2.05. The van der Waals surface area contributed by atoms with E-state index in [0.717, 1.165) is 0 Å². The van der Waals surface area contributed by atoms with Crippen molar-refractivity contribution in [2.24, 2.45) is 0 Å². The number of alkyl halides is 2. The molecule has 0 unspecified atom stereocenters. The van der Waals surface area contributed by atoms with E-state index in [-0.39, 0.29) is 6.42 Å². The van der Waals surface area contributed by atoms with Crippen LogP contribution in [0.3, 0.4) is 0 Å². The molecular formula is C3H5F2S. The van der Waals surface area contributed by atoms with Gasteiger partial charge in [0, 0.05) is 6.42 Å². The molecule has 0 nitrogen and oxygen atoms in total. The third-order valence-electron chi connectivity index (χ3n) is 0.412. The molecule has 0 aromatic heterocycles. The van der Waals surface area contributed by atoms with Crippen molar-refractivity contribution in [1.82, 2.24) is 0 Å². The molecule has 1 radical (unpaired) electrons. The predicted molar refractivity (Wildman–Crippen MR) is 22.8 cm³/mol. The van der Waals surface area contributed by atoms with Gasteiger partial charge in [-0.1, -0.05) is 6.92 Å². The molecule has 0 spiro atoms. The summed E-state index contributed by atoms with van der Waals surface area (Å²) >= 11 is 3.65. The topological polar surface area (TPSA) is 0 Å². The maximum Gasteiger partial charge on any atom is 0.303 e. The highest BCUT2D eigenvalue weighted by Crippen LogP contribution is 2.20. The Balaban J connectivity index is 3.17. The average Bonchev–Trinajstić information content (AvgIpc) is 1.35. The summed E-state index contributed by atoms with van der Waals surface area (Å²) in [7, 11) is 0. The van der Waals surface area contributed by atoms with Gasteiger partial charge in [-0.2, -0.15) is 8.78 Å². The Morgan fingerprint density at radius 3 is 1.83 bits per heavy atom. The van der Waals surface area contributed by atoms with Gasteiger partial charge in [-0.15, -0.1) is 0 Å². The fraction of sp³-hybridized carbons (Fsp3) is 1.00. The normalized spacial score (nSPS) is 12.0. The molecule has 3 heteroatoms. The van der Waals surface area contributed by atoms with Gasteiger partial charge in [0.25, 0.3) is 0 Å². The van der Waals surface area contributed by atoms with E-state index in [4.69, 9.17) is 0 Å². The van der Waals surface area contributed by atoms with E-state index in [1.165, 1.54) is 6.92 Å². The van der Waals surface area contributed by atoms with Crippen LogP contribution in [0.25, 0.3) is 0 Å². The van der Waals surface area contributed by atoms with Crippen LogP contribution in [-0.4, -0.2) is 5.25 Å². The second kappa shape index (κ2) is 1.78. The second-order valence-electron chi connectivity index (χ2n) is 0.991. The summed E-state index contributed by atoms with van der Waals surface area (Å²) in [5, 5.41) is -2.88. The van der Waals surface area contributed by atoms with E-state index in [1.54, 1.807) is 0 Å². The Morgan fingerprint density at radius 1 is 1.67 bits per heavy atom. The average molecular weight is 111 g/mol. The Hall–Kier alpha value is 0.210. The molecule has 0 atom stereocenters. The molecule has 0 heterocycles. The van der Waals surface area contributed by atoms with Crippen LogP contribution in [0.15, 0.2) is 0 Å². The van der Waals surface area contributed by atoms with Gasteiger partial charge in [-0.3, -0.25) is 0 Å². The quantitative estimate of drug-likeness (QED) is 0.486. The standard InChI is InChI=1S/C3H5F2S/c1-2-3(4,5)6/h2H2,1H3. The Kier molecular flexibility index (Phi) is 1.84. The number of rotatable bonds is 1. The van der Waals surface area contributed by atoms with Crippen LogP contribution < -0.4 is 0 Å². The summed E-state index contributed by atoms with van der Waals surface area (Å²) in [4.78, 5) is 0. The van der Waals surface area contributed by atoms with Crippen LogP contribution in [0.4, 0.5) is 8.78 Å². The molecule has 0 saturated heterocycles. The number of hydrogen-bond acceptors (Lipinski definition) is 0. The molecule has 37 valence electrons. The monoisotopic (exact) mass is 111 g/mol. The van der Waals surface area contributed by atoms with Crippen molar-refractivity contribution < 1.29 is 8.78 Å². The molecule has 0 bridgehead atoms. The summed E-state index contributed by atoms with van der Waals surface area (Å²) < 4.78 is 22.5. The maximum atomic E-state index is 11.3. The van der Waals surface area contributed by atoms with Gasteiger partial charge in [-0.25, -0.2) is 0 Å². The Morgan fingerprint density at radius 2 is 1.83 bits per heavy atom. The Labute approximate surface area is 41.0 Å². The molecule has 0 aromatic carbocycles. The summed E-state index contributed by atoms with van der Waals surface area (Å²) in [6, 6.07) is 0. The number of halogens is 2. The highest BCUT2D eigenvalue weighted by Gasteiger charge is 2.18. The second-order valence-corrected chi connectivity index (χ2v) is 1.59. The molecule has 0 aromatic rings. The molecule has 0 aliphatic heterocycles. The number of hydrogen-bond donors (Lipinski definition) is 0. The van der Waals surface area contributed by atoms with Gasteiger partial charge in [0.1, 0.15) is 0 Å². The van der Waals surface area contributed by atoms with E-state index in [9.17, 15) is 8.78 Å². The van der Waals surface area contributed by atoms with E-state index in [2.05, 4.69) is 12.6 Å². The highest BCUT2D eigenvalue weighted by atomic mass is 32.1. The summed E-state index contributed by atoms with van der Waals surface area (Å²) in [5.41, 5.74) is 0. The largest absolute Gasteiger partial charge is 0.303 e. The van der Waals surface area contributed by atoms with Crippen molar-refractivity contribution in [3.05, 3.63) is 0 Å². The van der Waals surface area contributed by atoms with Crippen molar-refractivity contribution in [2.45, 2.75) is 18.6 Å². The van der Waals surface area contributed by atoms with Crippen LogP contribution in [0.5, 0.6) is 0 Å². The minimum Gasteiger partial charge on any atom is -0.193 e. The summed E-state index contributed by atoms with van der Waals surface area (Å²) in [6.07, 6.45) is -0.248. The first kappa shape index (κ1) is 6.21. The fourth-order valence-electron chi connectivity index (χ4n) is 0. The van der Waals surface area contributed by atoms with Gasteiger partial charge in [-0.05, 0) is 12.6 Å². The predicted octanol–water partition coefficient (Wildman–Crippen LogP) is 2.19. The van der Waals surface area contributed by atoms with E-state index >= 15 is 0 Å². The van der Waals surface area contributed by atoms with Crippen LogP contribution in [0.2, 0.25) is 0 Å². The minimum absolute atomic E-state index is 0.248. The maximum absolute atomic E-state index is 11.3. The first-order valence-electron chi connectivity index (χ1n) is 1.64. The zero-order valence-electron chi connectivity index (χ0n) is 3.37. The molecule has 6 heavy (non-hydrogen) atoms. The van der Waals surface area contributed by atoms with Crippen molar-refractivity contribution >= 4 is 12.6 Å². The lowest BCUT2D eigenvalue weighted by molar-refractivity contribution is 0.104. The minimum atomic E-state index is -2.88. The van der Waals surface area contributed by atoms with Gasteiger partial charge in [0.15, 0.2) is 0 Å². The SMILES string of the molecule is CCC(F)(F)[S]. The molecule has 0 fully saturated rings. The lowest BCUT2D eigenvalue weighted by Crippen LogP contribution is -2.00. The highest BCUT2D eigenvalue weighted by molar-refractivity contribution is 7.81. The molecule has 0 N–H and O–H groups in total. The van der Waals surface area contributed by atoms with Crippen LogP contribution in [0, 0.1) is 0 Å². The molecule has 0 saturated carbocycles. The molecule has 0 aliphatic rings. The summed E-state index contributed by atoms with van der Waals surface area (Å²) in [5.74, 6) is 0. The van der Waals surface area contributed by atoms with Crippen molar-refractivity contribution in [3.63, 3.8) is 0 Å².